The summed E-state index contributed by atoms with van der Waals surface area (Å²) in [6.07, 6.45) is 1.38. The molecule has 1 aliphatic rings. The lowest BCUT2D eigenvalue weighted by atomic mass is 9.52. The molecule has 0 amide bonds. The minimum atomic E-state index is -2.57. The molecule has 2 heterocycles. The van der Waals surface area contributed by atoms with E-state index in [9.17, 15) is 0 Å². The van der Waals surface area contributed by atoms with Crippen molar-refractivity contribution in [2.24, 2.45) is 5.41 Å². The second-order valence-electron chi connectivity index (χ2n) is 14.8. The molecule has 0 unspecified atom stereocenters. The Balaban J connectivity index is 1.40. The number of para-hydroxylation sites is 1. The summed E-state index contributed by atoms with van der Waals surface area (Å²) in [4.78, 5) is 4.72. The second-order valence-corrected chi connectivity index (χ2v) is 14.8. The average molecular weight is 632 g/mol. The molecule has 8 rings (SSSR count). The third-order valence-corrected chi connectivity index (χ3v) is 11.9. The lowest BCUT2D eigenvalue weighted by Crippen LogP contribution is -2.48. The number of hydrogen-bond donors (Lipinski definition) is 0. The Morgan fingerprint density at radius 2 is 1.25 bits per heavy atom. The van der Waals surface area contributed by atoms with Crippen molar-refractivity contribution in [1.29, 1.82) is 0 Å². The van der Waals surface area contributed by atoms with Crippen molar-refractivity contribution in [3.05, 3.63) is 138 Å². The number of rotatable bonds is 3. The minimum Gasteiger partial charge on any atom is -0.455 e. The summed E-state index contributed by atoms with van der Waals surface area (Å²) in [6, 6.07) is 35.9. The van der Waals surface area contributed by atoms with Crippen LogP contribution in [0.15, 0.2) is 120 Å². The van der Waals surface area contributed by atoms with Crippen molar-refractivity contribution in [2.45, 2.75) is 66.1 Å². The van der Waals surface area contributed by atoms with Crippen LogP contribution in [-0.4, -0.2) is 4.98 Å². The summed E-state index contributed by atoms with van der Waals surface area (Å²) < 4.78 is 58.9. The Morgan fingerprint density at radius 3 is 2.04 bits per heavy atom. The van der Waals surface area contributed by atoms with Crippen LogP contribution in [0.5, 0.6) is 0 Å². The molecule has 7 aromatic rings. The summed E-state index contributed by atoms with van der Waals surface area (Å²) in [5, 5.41) is 1.86. The van der Waals surface area contributed by atoms with E-state index in [4.69, 9.17) is 17.6 Å². The van der Waals surface area contributed by atoms with E-state index in [2.05, 4.69) is 77.9 Å². The maximum absolute atomic E-state index is 8.83. The van der Waals surface area contributed by atoms with E-state index in [0.717, 1.165) is 49.7 Å². The zero-order chi connectivity index (χ0) is 38.6. The van der Waals surface area contributed by atoms with Crippen molar-refractivity contribution in [3.8, 4) is 44.6 Å². The van der Waals surface area contributed by atoms with E-state index in [0.29, 0.717) is 28.0 Å². The molecule has 0 bridgehead atoms. The van der Waals surface area contributed by atoms with Crippen molar-refractivity contribution >= 4 is 21.9 Å². The van der Waals surface area contributed by atoms with Crippen LogP contribution >= 0.6 is 0 Å². The monoisotopic (exact) mass is 631 g/mol. The summed E-state index contributed by atoms with van der Waals surface area (Å²) in [6.45, 7) is 8.37. The zero-order valence-corrected chi connectivity index (χ0v) is 28.3. The molecule has 0 fully saturated rings. The van der Waals surface area contributed by atoms with Crippen LogP contribution in [0.3, 0.4) is 0 Å². The highest BCUT2D eigenvalue weighted by molar-refractivity contribution is 6.10. The summed E-state index contributed by atoms with van der Waals surface area (Å²) >= 11 is 0. The van der Waals surface area contributed by atoms with E-state index >= 15 is 0 Å². The zero-order valence-electron chi connectivity index (χ0n) is 34.3. The van der Waals surface area contributed by atoms with Gasteiger partial charge in [-0.1, -0.05) is 120 Å². The first-order chi connectivity index (χ1) is 25.3. The highest BCUT2D eigenvalue weighted by Crippen LogP contribution is 2.60. The first kappa shape index (κ1) is 24.2. The highest BCUT2D eigenvalue weighted by atomic mass is 16.3. The van der Waals surface area contributed by atoms with Gasteiger partial charge in [-0.2, -0.15) is 0 Å². The molecule has 5 aromatic carbocycles. The van der Waals surface area contributed by atoms with Gasteiger partial charge in [0.2, 0.25) is 0 Å². The summed E-state index contributed by atoms with van der Waals surface area (Å²) in [5.74, 6) is 0. The van der Waals surface area contributed by atoms with Crippen molar-refractivity contribution in [3.63, 3.8) is 0 Å². The van der Waals surface area contributed by atoms with Gasteiger partial charge in [-0.3, -0.25) is 4.98 Å². The van der Waals surface area contributed by atoms with E-state index in [1.807, 2.05) is 60.7 Å². The van der Waals surface area contributed by atoms with Gasteiger partial charge in [-0.05, 0) is 116 Å². The molecular weight excluding hydrogens is 583 g/mol. The van der Waals surface area contributed by atoms with Crippen LogP contribution < -0.4 is 0 Å². The molecule has 0 spiro atoms. The number of benzene rings is 5. The third-order valence-electron chi connectivity index (χ3n) is 11.9. The van der Waals surface area contributed by atoms with E-state index in [1.54, 1.807) is 12.1 Å². The van der Waals surface area contributed by atoms with Gasteiger partial charge in [0.05, 0.1) is 5.69 Å². The van der Waals surface area contributed by atoms with Crippen LogP contribution in [0.25, 0.3) is 66.6 Å². The van der Waals surface area contributed by atoms with Gasteiger partial charge in [-0.15, -0.1) is 0 Å². The fraction of sp³-hybridized carbons (Fsp3) is 0.239. The van der Waals surface area contributed by atoms with Crippen LogP contribution in [0.2, 0.25) is 0 Å². The third kappa shape index (κ3) is 4.28. The molecule has 1 aliphatic carbocycles. The Hall–Kier alpha value is -4.95. The normalized spacial score (nSPS) is 18.4. The predicted octanol–water partition coefficient (Wildman–Crippen LogP) is 12.9. The number of aryl methyl sites for hydroxylation is 2. The number of pyridine rings is 1. The number of furan rings is 1. The lowest BCUT2D eigenvalue weighted by Gasteiger charge is -2.52. The lowest BCUT2D eigenvalue weighted by molar-refractivity contribution is 0.0948. The molecule has 2 aromatic heterocycles. The first-order valence-corrected chi connectivity index (χ1v) is 16.6. The number of fused-ring (bicyclic) bond motifs is 6. The highest BCUT2D eigenvalue weighted by Gasteiger charge is 2.52. The van der Waals surface area contributed by atoms with Crippen molar-refractivity contribution in [1.82, 2.24) is 4.98 Å². The van der Waals surface area contributed by atoms with Crippen molar-refractivity contribution < 1.29 is 12.6 Å². The molecule has 0 atom stereocenters. The molecule has 0 saturated carbocycles. The molecule has 2 nitrogen and oxygen atoms in total. The average Bonchev–Trinajstić information content (AvgIpc) is 3.50. The largest absolute Gasteiger partial charge is 0.455 e. The van der Waals surface area contributed by atoms with Crippen molar-refractivity contribution in [2.75, 3.05) is 0 Å². The maximum Gasteiger partial charge on any atom is 0.144 e. The van der Waals surface area contributed by atoms with E-state index in [-0.39, 0.29) is 22.0 Å². The SMILES string of the molecule is [2H]C([2H])([2H])c1cnc(-c2cccc3c2oc2cc(-c4ccccc4)ccc23)cc1-c1cc2c(cc1C([2H])([2H])[2H])-c1ccccc1C(C)(C)C(C)(C)C2(C)C. The van der Waals surface area contributed by atoms with Crippen LogP contribution in [0.4, 0.5) is 0 Å². The van der Waals surface area contributed by atoms with Crippen LogP contribution in [-0.2, 0) is 10.8 Å². The van der Waals surface area contributed by atoms with E-state index in [1.165, 1.54) is 6.20 Å². The smallest absolute Gasteiger partial charge is 0.144 e. The Kier molecular flexibility index (Phi) is 5.31. The molecular formula is C46H43NO. The Morgan fingerprint density at radius 1 is 0.542 bits per heavy atom. The van der Waals surface area contributed by atoms with Gasteiger partial charge < -0.3 is 4.42 Å². The molecule has 238 valence electrons. The predicted molar refractivity (Wildman–Crippen MR) is 203 cm³/mol. The quantitative estimate of drug-likeness (QED) is 0.194. The molecule has 0 saturated heterocycles. The van der Waals surface area contributed by atoms with Crippen LogP contribution in [0, 0.1) is 19.1 Å². The molecule has 0 radical (unpaired) electrons. The fourth-order valence-electron chi connectivity index (χ4n) is 7.92. The number of aromatic nitrogens is 1. The summed E-state index contributed by atoms with van der Waals surface area (Å²) in [7, 11) is 0. The number of hydrogen-bond acceptors (Lipinski definition) is 2. The molecule has 0 N–H and O–H groups in total. The van der Waals surface area contributed by atoms with Gasteiger partial charge in [0, 0.05) is 30.8 Å². The molecule has 0 aliphatic heterocycles. The van der Waals surface area contributed by atoms with Gasteiger partial charge in [0.25, 0.3) is 0 Å². The van der Waals surface area contributed by atoms with Gasteiger partial charge in [0.1, 0.15) is 11.2 Å². The van der Waals surface area contributed by atoms with E-state index < -0.39 is 19.1 Å². The standard InChI is InChI=1S/C46H43NO/c1-28-23-38-32-17-12-13-20-39(32)44(3,4)46(7,8)45(5,6)40(38)25-36(28)37-26-41(47-27-29(37)2)35-19-14-18-34-33-22-21-31(24-42(33)48-43(34)35)30-15-10-9-11-16-30/h9-27H,1-8H3/i1D3,2D3. The number of nitrogens with zero attached hydrogens (tertiary/aromatic N) is 1. The minimum absolute atomic E-state index is 0.00704. The molecule has 2 heteroatoms. The first-order valence-electron chi connectivity index (χ1n) is 19.6. The maximum atomic E-state index is 8.83. The fourth-order valence-corrected chi connectivity index (χ4v) is 7.92. The Labute approximate surface area is 292 Å². The summed E-state index contributed by atoms with van der Waals surface area (Å²) in [5.41, 5.74) is 8.30. The topological polar surface area (TPSA) is 26.0 Å². The van der Waals surface area contributed by atoms with Gasteiger partial charge in [-0.25, -0.2) is 0 Å². The van der Waals surface area contributed by atoms with Crippen LogP contribution in [0.1, 0.15) is 72.0 Å². The van der Waals surface area contributed by atoms with Gasteiger partial charge in [0.15, 0.2) is 0 Å². The Bertz CT molecular complexity index is 2610. The second kappa shape index (κ2) is 10.5. The van der Waals surface area contributed by atoms with Gasteiger partial charge >= 0.3 is 0 Å². The molecule has 48 heavy (non-hydrogen) atoms.